The monoisotopic (exact) mass is 447 g/mol. The van der Waals surface area contributed by atoms with Gasteiger partial charge in [0.05, 0.1) is 41.1 Å². The van der Waals surface area contributed by atoms with Crippen LogP contribution in [0.15, 0.2) is 54.9 Å². The van der Waals surface area contributed by atoms with Gasteiger partial charge in [0, 0.05) is 6.07 Å². The minimum Gasteiger partial charge on any atom is -0.497 e. The smallest absolute Gasteiger partial charge is 0.450 e. The minimum absolute atomic E-state index is 0.0494. The maximum absolute atomic E-state index is 13.6. The molecule has 7 nitrogen and oxygen atoms in total. The van der Waals surface area contributed by atoms with Crippen LogP contribution in [0.2, 0.25) is 5.02 Å². The van der Waals surface area contributed by atoms with Gasteiger partial charge in [-0.2, -0.15) is 13.2 Å². The number of carbonyl (C=O) groups excluding carboxylic acids is 1. The number of carbonyl (C=O) groups is 1. The van der Waals surface area contributed by atoms with E-state index < -0.39 is 17.9 Å². The molecule has 0 spiro atoms. The van der Waals surface area contributed by atoms with E-state index >= 15 is 0 Å². The Morgan fingerprint density at radius 1 is 1.13 bits per heavy atom. The SMILES string of the molecule is COc1ccc2c(c1)nc(C(F)(F)F)n2-c1cnc(NC(=O)c2ccccc2Cl)cn1. The Morgan fingerprint density at radius 3 is 2.55 bits per heavy atom. The molecule has 0 radical (unpaired) electrons. The van der Waals surface area contributed by atoms with Gasteiger partial charge in [0.2, 0.25) is 5.82 Å². The fourth-order valence-corrected chi connectivity index (χ4v) is 3.16. The third kappa shape index (κ3) is 4.02. The largest absolute Gasteiger partial charge is 0.497 e. The number of alkyl halides is 3. The van der Waals surface area contributed by atoms with Crippen LogP contribution in [0.3, 0.4) is 0 Å². The van der Waals surface area contributed by atoms with Crippen molar-refractivity contribution in [2.24, 2.45) is 0 Å². The zero-order chi connectivity index (χ0) is 22.2. The minimum atomic E-state index is -4.73. The Morgan fingerprint density at radius 2 is 1.90 bits per heavy atom. The Labute approximate surface area is 178 Å². The second kappa shape index (κ2) is 7.88. The molecule has 0 bridgehead atoms. The molecule has 0 aliphatic heterocycles. The number of rotatable bonds is 4. The van der Waals surface area contributed by atoms with E-state index in [9.17, 15) is 18.0 Å². The van der Waals surface area contributed by atoms with Gasteiger partial charge in [0.25, 0.3) is 5.91 Å². The standard InChI is InChI=1S/C20H13ClF3N5O2/c1-31-11-6-7-15-14(8-11)27-19(20(22,23)24)29(15)17-10-25-16(9-26-17)28-18(30)12-4-2-3-5-13(12)21/h2-10H,1H3,(H,25,28,30). The van der Waals surface area contributed by atoms with E-state index in [0.717, 1.165) is 17.0 Å². The number of fused-ring (bicyclic) bond motifs is 1. The summed E-state index contributed by atoms with van der Waals surface area (Å²) < 4.78 is 46.7. The number of halogens is 4. The van der Waals surface area contributed by atoms with Gasteiger partial charge in [-0.15, -0.1) is 0 Å². The fourth-order valence-electron chi connectivity index (χ4n) is 2.94. The van der Waals surface area contributed by atoms with Crippen LogP contribution in [0, 0.1) is 0 Å². The van der Waals surface area contributed by atoms with Crippen LogP contribution in [0.25, 0.3) is 16.9 Å². The highest BCUT2D eigenvalue weighted by Gasteiger charge is 2.38. The number of nitrogens with one attached hydrogen (secondary N) is 1. The number of methoxy groups -OCH3 is 1. The molecule has 2 aromatic heterocycles. The lowest BCUT2D eigenvalue weighted by Gasteiger charge is -2.11. The van der Waals surface area contributed by atoms with Crippen LogP contribution in [-0.2, 0) is 6.18 Å². The number of ether oxygens (including phenoxy) is 1. The first-order valence-electron chi connectivity index (χ1n) is 8.80. The molecule has 0 atom stereocenters. The topological polar surface area (TPSA) is 81.9 Å². The summed E-state index contributed by atoms with van der Waals surface area (Å²) in [6.07, 6.45) is -2.47. The summed E-state index contributed by atoms with van der Waals surface area (Å²) in [5.74, 6) is -1.37. The molecule has 2 aromatic carbocycles. The summed E-state index contributed by atoms with van der Waals surface area (Å²) in [6, 6.07) is 10.8. The van der Waals surface area contributed by atoms with Crippen molar-refractivity contribution in [1.29, 1.82) is 0 Å². The zero-order valence-electron chi connectivity index (χ0n) is 15.8. The molecule has 4 rings (SSSR count). The third-order valence-electron chi connectivity index (χ3n) is 4.34. The van der Waals surface area contributed by atoms with Gasteiger partial charge in [-0.25, -0.2) is 15.0 Å². The van der Waals surface area contributed by atoms with Crippen molar-refractivity contribution < 1.29 is 22.7 Å². The van der Waals surface area contributed by atoms with E-state index in [-0.39, 0.29) is 33.3 Å². The Bertz CT molecular complexity index is 1270. The average Bonchev–Trinajstić information content (AvgIpc) is 3.14. The number of anilines is 1. The van der Waals surface area contributed by atoms with E-state index in [4.69, 9.17) is 16.3 Å². The maximum atomic E-state index is 13.6. The number of hydrogen-bond donors (Lipinski definition) is 1. The first-order valence-corrected chi connectivity index (χ1v) is 9.17. The first-order chi connectivity index (χ1) is 14.8. The van der Waals surface area contributed by atoms with Crippen molar-refractivity contribution in [3.63, 3.8) is 0 Å². The van der Waals surface area contributed by atoms with Crippen molar-refractivity contribution in [2.45, 2.75) is 6.18 Å². The summed E-state index contributed by atoms with van der Waals surface area (Å²) in [4.78, 5) is 24.1. The number of amides is 1. The van der Waals surface area contributed by atoms with Crippen molar-refractivity contribution in [1.82, 2.24) is 19.5 Å². The Hall–Kier alpha value is -3.66. The molecule has 4 aromatic rings. The lowest BCUT2D eigenvalue weighted by atomic mass is 10.2. The van der Waals surface area contributed by atoms with Crippen molar-refractivity contribution in [2.75, 3.05) is 12.4 Å². The van der Waals surface area contributed by atoms with Crippen molar-refractivity contribution in [3.8, 4) is 11.6 Å². The maximum Gasteiger partial charge on any atom is 0.450 e. The summed E-state index contributed by atoms with van der Waals surface area (Å²) in [6.45, 7) is 0. The number of nitrogens with zero attached hydrogens (tertiary/aromatic N) is 4. The molecular formula is C20H13ClF3N5O2. The summed E-state index contributed by atoms with van der Waals surface area (Å²) in [7, 11) is 1.41. The van der Waals surface area contributed by atoms with E-state index in [1.54, 1.807) is 18.2 Å². The lowest BCUT2D eigenvalue weighted by Crippen LogP contribution is -2.16. The molecule has 0 aliphatic carbocycles. The van der Waals surface area contributed by atoms with Crippen LogP contribution >= 0.6 is 11.6 Å². The molecular weight excluding hydrogens is 435 g/mol. The molecule has 0 fully saturated rings. The predicted molar refractivity (Wildman–Crippen MR) is 108 cm³/mol. The van der Waals surface area contributed by atoms with Crippen LogP contribution in [0.1, 0.15) is 16.2 Å². The molecule has 1 amide bonds. The Kier molecular flexibility index (Phi) is 5.24. The van der Waals surface area contributed by atoms with Crippen LogP contribution in [-0.4, -0.2) is 32.5 Å². The highest BCUT2D eigenvalue weighted by molar-refractivity contribution is 6.34. The Balaban J connectivity index is 1.70. The van der Waals surface area contributed by atoms with E-state index in [0.29, 0.717) is 5.75 Å². The molecule has 158 valence electrons. The van der Waals surface area contributed by atoms with Crippen molar-refractivity contribution >= 4 is 34.4 Å². The normalized spacial score (nSPS) is 11.5. The number of aromatic nitrogens is 4. The second-order valence-corrected chi connectivity index (χ2v) is 6.72. The highest BCUT2D eigenvalue weighted by Crippen LogP contribution is 2.34. The van der Waals surface area contributed by atoms with Gasteiger partial charge in [-0.1, -0.05) is 23.7 Å². The van der Waals surface area contributed by atoms with Gasteiger partial charge in [0.15, 0.2) is 11.6 Å². The number of benzene rings is 2. The molecule has 2 heterocycles. The van der Waals surface area contributed by atoms with Crippen LogP contribution in [0.4, 0.5) is 19.0 Å². The van der Waals surface area contributed by atoms with Gasteiger partial charge in [-0.05, 0) is 24.3 Å². The molecule has 0 aliphatic rings. The van der Waals surface area contributed by atoms with Crippen molar-refractivity contribution in [3.05, 3.63) is 71.3 Å². The summed E-state index contributed by atoms with van der Waals surface area (Å²) in [5.41, 5.74) is 0.490. The lowest BCUT2D eigenvalue weighted by molar-refractivity contribution is -0.145. The van der Waals surface area contributed by atoms with Gasteiger partial charge in [0.1, 0.15) is 5.75 Å². The van der Waals surface area contributed by atoms with Gasteiger partial charge >= 0.3 is 6.18 Å². The van der Waals surface area contributed by atoms with Crippen LogP contribution < -0.4 is 10.1 Å². The highest BCUT2D eigenvalue weighted by atomic mass is 35.5. The van der Waals surface area contributed by atoms with E-state index in [2.05, 4.69) is 20.3 Å². The second-order valence-electron chi connectivity index (χ2n) is 6.32. The predicted octanol–water partition coefficient (Wildman–Crippen LogP) is 4.75. The molecule has 0 saturated heterocycles. The molecule has 0 saturated carbocycles. The quantitative estimate of drug-likeness (QED) is 0.488. The average molecular weight is 448 g/mol. The molecule has 0 unspecified atom stereocenters. The fraction of sp³-hybridized carbons (Fsp3) is 0.100. The zero-order valence-corrected chi connectivity index (χ0v) is 16.6. The summed E-state index contributed by atoms with van der Waals surface area (Å²) >= 11 is 5.99. The first kappa shape index (κ1) is 20.6. The molecule has 1 N–H and O–H groups in total. The van der Waals surface area contributed by atoms with E-state index in [1.807, 2.05) is 0 Å². The number of hydrogen-bond acceptors (Lipinski definition) is 5. The van der Waals surface area contributed by atoms with Crippen LogP contribution in [0.5, 0.6) is 5.75 Å². The molecule has 11 heteroatoms. The van der Waals surface area contributed by atoms with E-state index in [1.165, 1.54) is 31.4 Å². The number of imidazole rings is 1. The third-order valence-corrected chi connectivity index (χ3v) is 4.67. The van der Waals surface area contributed by atoms with Gasteiger partial charge in [-0.3, -0.25) is 9.36 Å². The van der Waals surface area contributed by atoms with Gasteiger partial charge < -0.3 is 10.1 Å². The molecule has 31 heavy (non-hydrogen) atoms. The summed E-state index contributed by atoms with van der Waals surface area (Å²) in [5, 5.41) is 2.76.